The smallest absolute Gasteiger partial charge is 0.460 e. The van der Waals surface area contributed by atoms with Gasteiger partial charge in [0.1, 0.15) is 13.2 Å². The lowest BCUT2D eigenvalue weighted by atomic mass is 10.6. The Balaban J connectivity index is 3.16. The second-order valence-electron chi connectivity index (χ2n) is 1.54. The molecule has 0 aliphatic carbocycles. The summed E-state index contributed by atoms with van der Waals surface area (Å²) in [7, 11) is 0. The average Bonchev–Trinajstić information content (AvgIpc) is 2.03. The number of hydrogen-bond donors (Lipinski definition) is 1. The molecule has 68 valence electrons. The molecule has 1 N–H and O–H groups in total. The van der Waals surface area contributed by atoms with Crippen LogP contribution in [0.1, 0.15) is 0 Å². The molecular formula is C6H8O6. The van der Waals surface area contributed by atoms with Crippen molar-refractivity contribution in [3.05, 3.63) is 12.7 Å². The standard InChI is InChI=1S/C6H8O6/c1-2-5(7)10-3-4-11-12-6(8)9/h2H,1,3-4H2,(H,8,9). The van der Waals surface area contributed by atoms with Gasteiger partial charge in [0.05, 0.1) is 0 Å². The fraction of sp³-hybridized carbons (Fsp3) is 0.333. The number of rotatable bonds is 5. The molecule has 0 fully saturated rings. The molecular weight excluding hydrogens is 168 g/mol. The van der Waals surface area contributed by atoms with Crippen molar-refractivity contribution in [2.75, 3.05) is 13.2 Å². The number of carboxylic acid groups (broad SMARTS) is 1. The van der Waals surface area contributed by atoms with E-state index in [1.165, 1.54) is 0 Å². The maximum atomic E-state index is 10.4. The van der Waals surface area contributed by atoms with Gasteiger partial charge in [-0.1, -0.05) is 6.58 Å². The Bertz CT molecular complexity index is 175. The van der Waals surface area contributed by atoms with Gasteiger partial charge in [-0.2, -0.15) is 4.89 Å². The lowest BCUT2D eigenvalue weighted by Gasteiger charge is -2.00. The summed E-state index contributed by atoms with van der Waals surface area (Å²) in [6, 6.07) is 0. The van der Waals surface area contributed by atoms with E-state index in [1.54, 1.807) is 0 Å². The average molecular weight is 176 g/mol. The zero-order chi connectivity index (χ0) is 9.40. The number of carbonyl (C=O) groups is 2. The molecule has 0 unspecified atom stereocenters. The number of esters is 1. The van der Waals surface area contributed by atoms with E-state index in [0.717, 1.165) is 6.08 Å². The van der Waals surface area contributed by atoms with Crippen LogP contribution in [0.2, 0.25) is 0 Å². The van der Waals surface area contributed by atoms with E-state index in [-0.39, 0.29) is 13.2 Å². The van der Waals surface area contributed by atoms with Crippen molar-refractivity contribution in [2.45, 2.75) is 0 Å². The minimum absolute atomic E-state index is 0.0852. The van der Waals surface area contributed by atoms with E-state index in [4.69, 9.17) is 5.11 Å². The predicted molar refractivity (Wildman–Crippen MR) is 36.2 cm³/mol. The van der Waals surface area contributed by atoms with Gasteiger partial charge in [-0.3, -0.25) is 4.89 Å². The second kappa shape index (κ2) is 6.17. The summed E-state index contributed by atoms with van der Waals surface area (Å²) in [4.78, 5) is 27.8. The van der Waals surface area contributed by atoms with Crippen molar-refractivity contribution >= 4 is 12.1 Å². The van der Waals surface area contributed by atoms with Crippen molar-refractivity contribution in [1.29, 1.82) is 0 Å². The molecule has 0 heterocycles. The molecule has 0 aliphatic heterocycles. The third-order valence-electron chi connectivity index (χ3n) is 0.708. The summed E-state index contributed by atoms with van der Waals surface area (Å²) in [6.07, 6.45) is -0.567. The summed E-state index contributed by atoms with van der Waals surface area (Å²) >= 11 is 0. The first-order valence-corrected chi connectivity index (χ1v) is 2.98. The Hall–Kier alpha value is -1.56. The molecule has 0 rings (SSSR count). The molecule has 0 aromatic heterocycles. The molecule has 0 spiro atoms. The first-order valence-electron chi connectivity index (χ1n) is 2.98. The highest BCUT2D eigenvalue weighted by molar-refractivity contribution is 5.81. The summed E-state index contributed by atoms with van der Waals surface area (Å²) in [5, 5.41) is 7.90. The predicted octanol–water partition coefficient (Wildman–Crippen LogP) is 0.342. The lowest BCUT2D eigenvalue weighted by Crippen LogP contribution is -2.10. The SMILES string of the molecule is C=CC(=O)OCCOOC(=O)O. The van der Waals surface area contributed by atoms with Crippen LogP contribution in [0, 0.1) is 0 Å². The minimum Gasteiger partial charge on any atom is -0.460 e. The van der Waals surface area contributed by atoms with Crippen molar-refractivity contribution < 1.29 is 29.2 Å². The summed E-state index contributed by atoms with van der Waals surface area (Å²) in [6.45, 7) is 2.91. The molecule has 0 radical (unpaired) electrons. The largest absolute Gasteiger partial charge is 0.537 e. The van der Waals surface area contributed by atoms with Gasteiger partial charge in [-0.15, -0.1) is 0 Å². The van der Waals surface area contributed by atoms with Crippen LogP contribution in [0.15, 0.2) is 12.7 Å². The maximum Gasteiger partial charge on any atom is 0.537 e. The van der Waals surface area contributed by atoms with Crippen LogP contribution < -0.4 is 0 Å². The highest BCUT2D eigenvalue weighted by atomic mass is 17.2. The van der Waals surface area contributed by atoms with Crippen LogP contribution in [-0.4, -0.2) is 30.4 Å². The van der Waals surface area contributed by atoms with Crippen LogP contribution in [0.4, 0.5) is 4.79 Å². The van der Waals surface area contributed by atoms with Crippen molar-refractivity contribution in [3.8, 4) is 0 Å². The quantitative estimate of drug-likeness (QED) is 0.214. The Morgan fingerprint density at radius 3 is 2.58 bits per heavy atom. The van der Waals surface area contributed by atoms with E-state index in [0.29, 0.717) is 0 Å². The summed E-state index contributed by atoms with van der Waals surface area (Å²) in [5.74, 6) is -0.603. The zero-order valence-electron chi connectivity index (χ0n) is 6.19. The van der Waals surface area contributed by atoms with Gasteiger partial charge >= 0.3 is 12.1 Å². The van der Waals surface area contributed by atoms with Gasteiger partial charge in [0.25, 0.3) is 0 Å². The first kappa shape index (κ1) is 10.4. The van der Waals surface area contributed by atoms with E-state index in [9.17, 15) is 9.59 Å². The highest BCUT2D eigenvalue weighted by Gasteiger charge is 1.98. The highest BCUT2D eigenvalue weighted by Crippen LogP contribution is 1.83. The normalized spacial score (nSPS) is 8.67. The van der Waals surface area contributed by atoms with Crippen molar-refractivity contribution in [3.63, 3.8) is 0 Å². The van der Waals surface area contributed by atoms with Crippen LogP contribution in [0.5, 0.6) is 0 Å². The molecule has 0 amide bonds. The molecule has 0 saturated heterocycles. The number of ether oxygens (including phenoxy) is 1. The van der Waals surface area contributed by atoms with Crippen LogP contribution >= 0.6 is 0 Å². The van der Waals surface area contributed by atoms with E-state index >= 15 is 0 Å². The van der Waals surface area contributed by atoms with Gasteiger partial charge < -0.3 is 9.84 Å². The van der Waals surface area contributed by atoms with Crippen molar-refractivity contribution in [1.82, 2.24) is 0 Å². The molecule has 0 atom stereocenters. The monoisotopic (exact) mass is 176 g/mol. The first-order chi connectivity index (χ1) is 5.66. The third-order valence-corrected chi connectivity index (χ3v) is 0.708. The molecule has 0 aliphatic rings. The van der Waals surface area contributed by atoms with Gasteiger partial charge in [0, 0.05) is 6.08 Å². The molecule has 6 heteroatoms. The molecule has 0 saturated carbocycles. The fourth-order valence-electron chi connectivity index (χ4n) is 0.327. The van der Waals surface area contributed by atoms with Crippen LogP contribution in [0.3, 0.4) is 0 Å². The summed E-state index contributed by atoms with van der Waals surface area (Å²) < 4.78 is 4.42. The maximum absolute atomic E-state index is 10.4. The Morgan fingerprint density at radius 1 is 1.42 bits per heavy atom. The Kier molecular flexibility index (Phi) is 5.37. The molecule has 0 aromatic rings. The molecule has 12 heavy (non-hydrogen) atoms. The van der Waals surface area contributed by atoms with Gasteiger partial charge in [0.2, 0.25) is 0 Å². The van der Waals surface area contributed by atoms with Crippen LogP contribution in [0.25, 0.3) is 0 Å². The number of carbonyl (C=O) groups excluding carboxylic acids is 1. The second-order valence-corrected chi connectivity index (χ2v) is 1.54. The van der Waals surface area contributed by atoms with E-state index in [2.05, 4.69) is 21.1 Å². The minimum atomic E-state index is -1.55. The van der Waals surface area contributed by atoms with Crippen molar-refractivity contribution in [2.24, 2.45) is 0 Å². The Labute approximate surface area is 68.3 Å². The lowest BCUT2D eigenvalue weighted by molar-refractivity contribution is -0.255. The van der Waals surface area contributed by atoms with Gasteiger partial charge in [-0.05, 0) is 0 Å². The Morgan fingerprint density at radius 2 is 2.08 bits per heavy atom. The van der Waals surface area contributed by atoms with Gasteiger partial charge in [0.15, 0.2) is 0 Å². The van der Waals surface area contributed by atoms with Gasteiger partial charge in [-0.25, -0.2) is 9.59 Å². The fourth-order valence-corrected chi connectivity index (χ4v) is 0.327. The molecule has 0 aromatic carbocycles. The van der Waals surface area contributed by atoms with E-state index < -0.39 is 12.1 Å². The molecule has 0 bridgehead atoms. The zero-order valence-corrected chi connectivity index (χ0v) is 6.19. The van der Waals surface area contributed by atoms with Crippen LogP contribution in [-0.2, 0) is 19.3 Å². The van der Waals surface area contributed by atoms with E-state index in [1.807, 2.05) is 0 Å². The third kappa shape index (κ3) is 6.56. The summed E-state index contributed by atoms with van der Waals surface area (Å²) in [5.41, 5.74) is 0. The number of hydrogen-bond acceptors (Lipinski definition) is 5. The topological polar surface area (TPSA) is 82.1 Å². The molecule has 6 nitrogen and oxygen atoms in total.